The molecule has 0 amide bonds. The van der Waals surface area contributed by atoms with E-state index >= 15 is 0 Å². The van der Waals surface area contributed by atoms with E-state index < -0.39 is 0 Å². The van der Waals surface area contributed by atoms with Gasteiger partial charge in [0.25, 0.3) is 0 Å². The second kappa shape index (κ2) is 6.42. The first kappa shape index (κ1) is 14.4. The predicted octanol–water partition coefficient (Wildman–Crippen LogP) is 4.26. The molecule has 0 radical (unpaired) electrons. The first-order chi connectivity index (χ1) is 9.65. The fourth-order valence-electron chi connectivity index (χ4n) is 1.69. The highest BCUT2D eigenvalue weighted by Gasteiger charge is 2.11. The topological polar surface area (TPSA) is 50.1 Å². The predicted molar refractivity (Wildman–Crippen MR) is 77.3 cm³/mol. The Labute approximate surface area is 126 Å². The number of hydrogen-bond acceptors (Lipinski definition) is 3. The zero-order chi connectivity index (χ0) is 14.5. The summed E-state index contributed by atoms with van der Waals surface area (Å²) < 4.78 is 5.56. The summed E-state index contributed by atoms with van der Waals surface area (Å²) in [6.45, 7) is 0.170. The minimum Gasteiger partial charge on any atom is -0.486 e. The van der Waals surface area contributed by atoms with Crippen LogP contribution in [-0.4, -0.2) is 6.29 Å². The Morgan fingerprint density at radius 1 is 1.20 bits per heavy atom. The lowest BCUT2D eigenvalue weighted by molar-refractivity contribution is 0.112. The average Bonchev–Trinajstić information content (AvgIpc) is 2.46. The molecule has 3 nitrogen and oxygen atoms in total. The molecule has 0 spiro atoms. The van der Waals surface area contributed by atoms with Crippen molar-refractivity contribution in [2.45, 2.75) is 6.61 Å². The van der Waals surface area contributed by atoms with Crippen LogP contribution in [0.2, 0.25) is 10.0 Å². The van der Waals surface area contributed by atoms with Gasteiger partial charge >= 0.3 is 0 Å². The smallest absolute Gasteiger partial charge is 0.157 e. The van der Waals surface area contributed by atoms with Crippen molar-refractivity contribution >= 4 is 29.5 Å². The van der Waals surface area contributed by atoms with E-state index in [0.717, 1.165) is 5.56 Å². The molecule has 100 valence electrons. The van der Waals surface area contributed by atoms with E-state index in [1.165, 1.54) is 12.1 Å². The average molecular weight is 306 g/mol. The molecule has 0 aliphatic rings. The van der Waals surface area contributed by atoms with Gasteiger partial charge in [-0.25, -0.2) is 0 Å². The molecular weight excluding hydrogens is 297 g/mol. The number of hydrogen-bond donors (Lipinski definition) is 0. The number of carbonyl (C=O) groups is 1. The number of aldehydes is 1. The molecule has 0 unspecified atom stereocenters. The van der Waals surface area contributed by atoms with Gasteiger partial charge in [0.1, 0.15) is 12.9 Å². The van der Waals surface area contributed by atoms with E-state index in [1.807, 2.05) is 6.07 Å². The SMILES string of the molecule is N#Cc1ccccc1COc1c(Cl)cc(C=O)cc1Cl. The van der Waals surface area contributed by atoms with Crippen LogP contribution in [0.5, 0.6) is 5.75 Å². The zero-order valence-corrected chi connectivity index (χ0v) is 11.8. The maximum Gasteiger partial charge on any atom is 0.157 e. The van der Waals surface area contributed by atoms with Gasteiger partial charge in [-0.15, -0.1) is 0 Å². The lowest BCUT2D eigenvalue weighted by atomic mass is 10.1. The Kier molecular flexibility index (Phi) is 4.62. The molecule has 5 heteroatoms. The summed E-state index contributed by atoms with van der Waals surface area (Å²) in [5.74, 6) is 0.298. The van der Waals surface area contributed by atoms with Gasteiger partial charge in [-0.2, -0.15) is 5.26 Å². The van der Waals surface area contributed by atoms with Crippen LogP contribution in [0, 0.1) is 11.3 Å². The lowest BCUT2D eigenvalue weighted by Crippen LogP contribution is -1.99. The minimum absolute atomic E-state index is 0.170. The van der Waals surface area contributed by atoms with E-state index in [9.17, 15) is 4.79 Å². The van der Waals surface area contributed by atoms with Gasteiger partial charge in [-0.05, 0) is 18.2 Å². The monoisotopic (exact) mass is 305 g/mol. The molecular formula is C15H9Cl2NO2. The van der Waals surface area contributed by atoms with Crippen LogP contribution in [0.3, 0.4) is 0 Å². The number of benzene rings is 2. The van der Waals surface area contributed by atoms with Gasteiger partial charge in [-0.3, -0.25) is 4.79 Å². The Morgan fingerprint density at radius 3 is 2.45 bits per heavy atom. The summed E-state index contributed by atoms with van der Waals surface area (Å²) >= 11 is 12.0. The van der Waals surface area contributed by atoms with Crippen LogP contribution in [-0.2, 0) is 6.61 Å². The number of nitrogens with zero attached hydrogens (tertiary/aromatic N) is 1. The number of rotatable bonds is 4. The molecule has 2 aromatic rings. The van der Waals surface area contributed by atoms with Gasteiger partial charge in [0, 0.05) is 11.1 Å². The van der Waals surface area contributed by atoms with Crippen molar-refractivity contribution in [3.63, 3.8) is 0 Å². The molecule has 20 heavy (non-hydrogen) atoms. The molecule has 2 aromatic carbocycles. The third kappa shape index (κ3) is 3.11. The third-order valence-electron chi connectivity index (χ3n) is 2.67. The first-order valence-corrected chi connectivity index (χ1v) is 6.46. The van der Waals surface area contributed by atoms with E-state index in [0.29, 0.717) is 23.2 Å². The highest BCUT2D eigenvalue weighted by Crippen LogP contribution is 2.34. The summed E-state index contributed by atoms with van der Waals surface area (Å²) in [6.07, 6.45) is 0.659. The molecule has 0 atom stereocenters. The summed E-state index contributed by atoms with van der Waals surface area (Å²) in [6, 6.07) is 12.1. The number of ether oxygens (including phenoxy) is 1. The molecule has 0 bridgehead atoms. The molecule has 0 saturated carbocycles. The number of carbonyl (C=O) groups excluding carboxylic acids is 1. The molecule has 2 rings (SSSR count). The Hall–Kier alpha value is -2.02. The second-order valence-electron chi connectivity index (χ2n) is 3.99. The molecule has 0 heterocycles. The normalized spacial score (nSPS) is 9.85. The van der Waals surface area contributed by atoms with Crippen LogP contribution >= 0.6 is 23.2 Å². The van der Waals surface area contributed by atoms with Gasteiger partial charge in [-0.1, -0.05) is 41.4 Å². The Morgan fingerprint density at radius 2 is 1.85 bits per heavy atom. The maximum absolute atomic E-state index is 10.7. The van der Waals surface area contributed by atoms with Crippen molar-refractivity contribution in [3.8, 4) is 11.8 Å². The van der Waals surface area contributed by atoms with Crippen molar-refractivity contribution in [3.05, 3.63) is 63.1 Å². The van der Waals surface area contributed by atoms with Crippen LogP contribution < -0.4 is 4.74 Å². The van der Waals surface area contributed by atoms with Crippen molar-refractivity contribution in [1.82, 2.24) is 0 Å². The Bertz CT molecular complexity index is 670. The van der Waals surface area contributed by atoms with Crippen molar-refractivity contribution < 1.29 is 9.53 Å². The Balaban J connectivity index is 2.24. The first-order valence-electron chi connectivity index (χ1n) is 5.70. The van der Waals surface area contributed by atoms with Crippen molar-refractivity contribution in [2.24, 2.45) is 0 Å². The number of nitriles is 1. The summed E-state index contributed by atoms with van der Waals surface area (Å²) in [4.78, 5) is 10.7. The van der Waals surface area contributed by atoms with Crippen LogP contribution in [0.4, 0.5) is 0 Å². The summed E-state index contributed by atoms with van der Waals surface area (Å²) in [7, 11) is 0. The van der Waals surface area contributed by atoms with E-state index in [1.54, 1.807) is 18.2 Å². The van der Waals surface area contributed by atoms with Gasteiger partial charge in [0.15, 0.2) is 5.75 Å². The quantitative estimate of drug-likeness (QED) is 0.793. The highest BCUT2D eigenvalue weighted by atomic mass is 35.5. The van der Waals surface area contributed by atoms with Crippen LogP contribution in [0.25, 0.3) is 0 Å². The second-order valence-corrected chi connectivity index (χ2v) is 4.80. The maximum atomic E-state index is 10.7. The molecule has 0 aliphatic carbocycles. The molecule has 0 saturated heterocycles. The third-order valence-corrected chi connectivity index (χ3v) is 3.23. The van der Waals surface area contributed by atoms with Crippen LogP contribution in [0.15, 0.2) is 36.4 Å². The van der Waals surface area contributed by atoms with Crippen molar-refractivity contribution in [2.75, 3.05) is 0 Å². The van der Waals surface area contributed by atoms with E-state index in [4.69, 9.17) is 33.2 Å². The highest BCUT2D eigenvalue weighted by molar-refractivity contribution is 6.37. The van der Waals surface area contributed by atoms with Gasteiger partial charge in [0.2, 0.25) is 0 Å². The van der Waals surface area contributed by atoms with E-state index in [2.05, 4.69) is 6.07 Å². The zero-order valence-electron chi connectivity index (χ0n) is 10.3. The van der Waals surface area contributed by atoms with Crippen LogP contribution in [0.1, 0.15) is 21.5 Å². The molecule has 0 fully saturated rings. The number of halogens is 2. The molecule has 0 aromatic heterocycles. The fraction of sp³-hybridized carbons (Fsp3) is 0.0667. The fourth-order valence-corrected chi connectivity index (χ4v) is 2.30. The lowest BCUT2D eigenvalue weighted by Gasteiger charge is -2.11. The molecule has 0 N–H and O–H groups in total. The summed E-state index contributed by atoms with van der Waals surface area (Å²) in [5.41, 5.74) is 1.65. The summed E-state index contributed by atoms with van der Waals surface area (Å²) in [5, 5.41) is 9.51. The van der Waals surface area contributed by atoms with Gasteiger partial charge in [0.05, 0.1) is 21.7 Å². The van der Waals surface area contributed by atoms with Gasteiger partial charge < -0.3 is 4.74 Å². The largest absolute Gasteiger partial charge is 0.486 e. The molecule has 0 aliphatic heterocycles. The van der Waals surface area contributed by atoms with E-state index in [-0.39, 0.29) is 16.7 Å². The minimum atomic E-state index is 0.170. The standard InChI is InChI=1S/C15H9Cl2NO2/c16-13-5-10(8-19)6-14(17)15(13)20-9-12-4-2-1-3-11(12)7-18/h1-6,8H,9H2. The van der Waals surface area contributed by atoms with Crippen molar-refractivity contribution in [1.29, 1.82) is 5.26 Å².